The molecule has 3 heteroatoms. The fourth-order valence-corrected chi connectivity index (χ4v) is 1.26. The summed E-state index contributed by atoms with van der Waals surface area (Å²) >= 11 is 0. The molecule has 1 aromatic carbocycles. The molecule has 0 heterocycles. The van der Waals surface area contributed by atoms with Crippen molar-refractivity contribution in [2.75, 3.05) is 20.2 Å². The number of aliphatic hydroxyl groups is 1. The third kappa shape index (κ3) is 3.55. The molecule has 0 saturated heterocycles. The van der Waals surface area contributed by atoms with E-state index in [9.17, 15) is 5.21 Å². The Hall–Kier alpha value is -0.900. The van der Waals surface area contributed by atoms with Crippen molar-refractivity contribution in [1.29, 1.82) is 0 Å². The maximum Gasteiger partial charge on any atom is 0.104 e. The van der Waals surface area contributed by atoms with E-state index in [0.717, 1.165) is 5.56 Å². The van der Waals surface area contributed by atoms with Crippen LogP contribution in [-0.4, -0.2) is 30.0 Å². The molecule has 13 heavy (non-hydrogen) atoms. The van der Waals surface area contributed by atoms with E-state index in [1.165, 1.54) is 0 Å². The molecule has 1 atom stereocenters. The normalized spacial score (nSPS) is 15.3. The zero-order valence-electron chi connectivity index (χ0n) is 7.81. The first-order valence-electron chi connectivity index (χ1n) is 4.34. The maximum atomic E-state index is 11.6. The van der Waals surface area contributed by atoms with E-state index >= 15 is 0 Å². The molecule has 0 spiro atoms. The highest BCUT2D eigenvalue weighted by atomic mass is 16.5. The molecular formula is C10H15NO2. The first-order valence-corrected chi connectivity index (χ1v) is 4.34. The van der Waals surface area contributed by atoms with Crippen molar-refractivity contribution in [3.8, 4) is 0 Å². The number of nitrogens with zero attached hydrogens (tertiary/aromatic N) is 1. The molecule has 1 aromatic rings. The summed E-state index contributed by atoms with van der Waals surface area (Å²) in [6.45, 7) is 0.600. The van der Waals surface area contributed by atoms with E-state index < -0.39 is 4.65 Å². The van der Waals surface area contributed by atoms with Gasteiger partial charge in [-0.25, -0.2) is 0 Å². The third-order valence-corrected chi connectivity index (χ3v) is 1.93. The van der Waals surface area contributed by atoms with Crippen LogP contribution in [-0.2, 0) is 6.54 Å². The number of likely N-dealkylation sites (N-methyl/N-ethyl adjacent to an activating group) is 1. The Morgan fingerprint density at radius 3 is 2.46 bits per heavy atom. The van der Waals surface area contributed by atoms with E-state index in [1.54, 1.807) is 7.05 Å². The maximum absolute atomic E-state index is 11.6. The molecule has 0 aliphatic heterocycles. The molecule has 0 radical (unpaired) electrons. The Morgan fingerprint density at radius 2 is 1.92 bits per heavy atom. The van der Waals surface area contributed by atoms with Gasteiger partial charge in [0.1, 0.15) is 13.1 Å². The second-order valence-electron chi connectivity index (χ2n) is 3.39. The van der Waals surface area contributed by atoms with Crippen LogP contribution in [0.3, 0.4) is 0 Å². The second kappa shape index (κ2) is 4.37. The van der Waals surface area contributed by atoms with Crippen molar-refractivity contribution >= 4 is 0 Å². The molecule has 1 rings (SSSR count). The van der Waals surface area contributed by atoms with Gasteiger partial charge in [-0.05, 0) is 0 Å². The van der Waals surface area contributed by atoms with Gasteiger partial charge in [0.15, 0.2) is 0 Å². The lowest BCUT2D eigenvalue weighted by atomic mass is 10.2. The molecule has 3 nitrogen and oxygen atoms in total. The van der Waals surface area contributed by atoms with E-state index in [2.05, 4.69) is 0 Å². The van der Waals surface area contributed by atoms with E-state index in [1.807, 2.05) is 30.3 Å². The largest absolute Gasteiger partial charge is 0.633 e. The fourth-order valence-electron chi connectivity index (χ4n) is 1.26. The summed E-state index contributed by atoms with van der Waals surface area (Å²) in [6.07, 6.45) is 0. The SMILES string of the molecule is C[N@+]([O-])(CCO)Cc1ccccc1. The predicted octanol–water partition coefficient (Wildman–Crippen LogP) is 1.12. The smallest absolute Gasteiger partial charge is 0.104 e. The van der Waals surface area contributed by atoms with Gasteiger partial charge in [-0.3, -0.25) is 0 Å². The van der Waals surface area contributed by atoms with Crippen molar-refractivity contribution in [2.24, 2.45) is 0 Å². The van der Waals surface area contributed by atoms with E-state index in [-0.39, 0.29) is 13.2 Å². The lowest BCUT2D eigenvalue weighted by Gasteiger charge is -2.38. The molecule has 0 fully saturated rings. The van der Waals surface area contributed by atoms with Gasteiger partial charge in [-0.2, -0.15) is 0 Å². The van der Waals surface area contributed by atoms with E-state index in [0.29, 0.717) is 6.54 Å². The minimum atomic E-state index is -0.416. The highest BCUT2D eigenvalue weighted by Crippen LogP contribution is 2.08. The predicted molar refractivity (Wildman–Crippen MR) is 51.7 cm³/mol. The van der Waals surface area contributed by atoms with Gasteiger partial charge in [-0.1, -0.05) is 30.3 Å². The Bertz CT molecular complexity index is 246. The number of hydrogen-bond donors (Lipinski definition) is 1. The standard InChI is InChI=1S/C10H15NO2/c1-11(13,7-8-12)9-10-5-3-2-4-6-10/h2-6,12H,7-9H2,1H3/t11-/m0/s1. The molecule has 0 saturated carbocycles. The molecule has 0 unspecified atom stereocenters. The first-order chi connectivity index (χ1) is 6.14. The van der Waals surface area contributed by atoms with Crippen LogP contribution >= 0.6 is 0 Å². The lowest BCUT2D eigenvalue weighted by molar-refractivity contribution is -0.874. The summed E-state index contributed by atoms with van der Waals surface area (Å²) in [7, 11) is 1.57. The van der Waals surface area contributed by atoms with Crippen molar-refractivity contribution in [3.63, 3.8) is 0 Å². The molecule has 0 aliphatic carbocycles. The average Bonchev–Trinajstić information content (AvgIpc) is 2.04. The number of hydrogen-bond acceptors (Lipinski definition) is 2. The van der Waals surface area contributed by atoms with Crippen LogP contribution in [0.2, 0.25) is 0 Å². The summed E-state index contributed by atoms with van der Waals surface area (Å²) in [4.78, 5) is 0. The van der Waals surface area contributed by atoms with Crippen LogP contribution in [0.15, 0.2) is 30.3 Å². The summed E-state index contributed by atoms with van der Waals surface area (Å²) in [6, 6.07) is 9.59. The summed E-state index contributed by atoms with van der Waals surface area (Å²) < 4.78 is -0.416. The van der Waals surface area contributed by atoms with Crippen LogP contribution < -0.4 is 0 Å². The molecule has 0 amide bonds. The van der Waals surface area contributed by atoms with Gasteiger partial charge in [0.05, 0.1) is 13.7 Å². The molecular weight excluding hydrogens is 166 g/mol. The Morgan fingerprint density at radius 1 is 1.31 bits per heavy atom. The van der Waals surface area contributed by atoms with Gasteiger partial charge in [0.2, 0.25) is 0 Å². The fraction of sp³-hybridized carbons (Fsp3) is 0.400. The molecule has 0 aromatic heterocycles. The second-order valence-corrected chi connectivity index (χ2v) is 3.39. The van der Waals surface area contributed by atoms with Crippen molar-refractivity contribution in [1.82, 2.24) is 0 Å². The number of aliphatic hydroxyl groups excluding tert-OH is 1. The van der Waals surface area contributed by atoms with Gasteiger partial charge in [0.25, 0.3) is 0 Å². The Balaban J connectivity index is 2.58. The van der Waals surface area contributed by atoms with Crippen LogP contribution in [0.5, 0.6) is 0 Å². The van der Waals surface area contributed by atoms with E-state index in [4.69, 9.17) is 5.11 Å². The van der Waals surface area contributed by atoms with Crippen LogP contribution in [0.4, 0.5) is 0 Å². The zero-order chi connectivity index (χ0) is 9.73. The van der Waals surface area contributed by atoms with Crippen LogP contribution in [0.1, 0.15) is 5.56 Å². The average molecular weight is 181 g/mol. The van der Waals surface area contributed by atoms with Crippen molar-refractivity contribution in [3.05, 3.63) is 41.1 Å². The highest BCUT2D eigenvalue weighted by Gasteiger charge is 2.09. The summed E-state index contributed by atoms with van der Waals surface area (Å²) in [5.74, 6) is 0. The number of rotatable bonds is 4. The van der Waals surface area contributed by atoms with Crippen LogP contribution in [0, 0.1) is 5.21 Å². The monoisotopic (exact) mass is 181 g/mol. The molecule has 72 valence electrons. The van der Waals surface area contributed by atoms with Gasteiger partial charge < -0.3 is 15.0 Å². The number of benzene rings is 1. The summed E-state index contributed by atoms with van der Waals surface area (Å²) in [5.41, 5.74) is 1.01. The molecule has 0 aliphatic rings. The van der Waals surface area contributed by atoms with Crippen LogP contribution in [0.25, 0.3) is 0 Å². The highest BCUT2D eigenvalue weighted by molar-refractivity contribution is 5.13. The molecule has 0 bridgehead atoms. The molecule has 1 N–H and O–H groups in total. The zero-order valence-corrected chi connectivity index (χ0v) is 7.81. The van der Waals surface area contributed by atoms with Crippen molar-refractivity contribution in [2.45, 2.75) is 6.54 Å². The minimum absolute atomic E-state index is 0.0627. The number of hydroxylamine groups is 3. The Labute approximate surface area is 78.4 Å². The van der Waals surface area contributed by atoms with Crippen molar-refractivity contribution < 1.29 is 9.75 Å². The minimum Gasteiger partial charge on any atom is -0.633 e. The van der Waals surface area contributed by atoms with Gasteiger partial charge in [0, 0.05) is 5.56 Å². The third-order valence-electron chi connectivity index (χ3n) is 1.93. The first kappa shape index (κ1) is 10.2. The quantitative estimate of drug-likeness (QED) is 0.559. The lowest BCUT2D eigenvalue weighted by Crippen LogP contribution is -2.39. The topological polar surface area (TPSA) is 43.3 Å². The number of quaternary nitrogens is 1. The summed E-state index contributed by atoms with van der Waals surface area (Å²) in [5, 5.41) is 20.3. The van der Waals surface area contributed by atoms with Gasteiger partial charge in [-0.15, -0.1) is 0 Å². The Kier molecular flexibility index (Phi) is 3.42. The van der Waals surface area contributed by atoms with Gasteiger partial charge >= 0.3 is 0 Å².